The lowest BCUT2D eigenvalue weighted by molar-refractivity contribution is 0.281. The van der Waals surface area contributed by atoms with Crippen LogP contribution in [0.15, 0.2) is 18.5 Å². The quantitative estimate of drug-likeness (QED) is 0.693. The van der Waals surface area contributed by atoms with Crippen LogP contribution in [0.4, 0.5) is 5.82 Å². The lowest BCUT2D eigenvalue weighted by Gasteiger charge is -2.19. The zero-order chi connectivity index (χ0) is 17.4. The second-order valence-corrected chi connectivity index (χ2v) is 6.56. The molecular formula is C16H21ClN6O. The molecule has 128 valence electrons. The summed E-state index contributed by atoms with van der Waals surface area (Å²) in [4.78, 5) is 8.55. The van der Waals surface area contributed by atoms with E-state index in [2.05, 4.69) is 34.2 Å². The van der Waals surface area contributed by atoms with E-state index in [1.807, 2.05) is 24.3 Å². The molecule has 3 aromatic rings. The number of nitrogens with zero attached hydrogens (tertiary/aromatic N) is 5. The summed E-state index contributed by atoms with van der Waals surface area (Å²) in [6, 6.07) is 1.88. The normalized spacial score (nSPS) is 13.0. The number of imidazole rings is 1. The summed E-state index contributed by atoms with van der Waals surface area (Å²) in [5.41, 5.74) is 2.59. The first-order valence-corrected chi connectivity index (χ1v) is 8.27. The molecule has 8 heteroatoms. The third-order valence-corrected chi connectivity index (χ3v) is 4.11. The summed E-state index contributed by atoms with van der Waals surface area (Å²) in [7, 11) is 0. The Morgan fingerprint density at radius 3 is 2.71 bits per heavy atom. The number of fused-ring (bicyclic) bond motifs is 1. The van der Waals surface area contributed by atoms with Crippen LogP contribution in [0.5, 0.6) is 0 Å². The summed E-state index contributed by atoms with van der Waals surface area (Å²) >= 11 is 6.46. The first-order valence-electron chi connectivity index (χ1n) is 7.89. The standard InChI is InChI=1S/C16H21ClN6O/c1-9(2)12-7-11(4)23(21-12)13-14(17)20-16-18-5-6-22(16)15(13)19-10(3)8-24/h5-7,9-10,19,24H,8H2,1-4H3. The van der Waals surface area contributed by atoms with Gasteiger partial charge in [0.25, 0.3) is 0 Å². The molecule has 3 heterocycles. The molecule has 7 nitrogen and oxygen atoms in total. The highest BCUT2D eigenvalue weighted by molar-refractivity contribution is 6.31. The van der Waals surface area contributed by atoms with Crippen molar-refractivity contribution in [3.63, 3.8) is 0 Å². The van der Waals surface area contributed by atoms with Crippen LogP contribution < -0.4 is 5.32 Å². The van der Waals surface area contributed by atoms with Gasteiger partial charge in [-0.2, -0.15) is 10.1 Å². The van der Waals surface area contributed by atoms with Crippen molar-refractivity contribution in [2.45, 2.75) is 39.7 Å². The number of anilines is 1. The minimum Gasteiger partial charge on any atom is -0.394 e. The number of nitrogens with one attached hydrogen (secondary N) is 1. The van der Waals surface area contributed by atoms with Crippen molar-refractivity contribution in [1.29, 1.82) is 0 Å². The van der Waals surface area contributed by atoms with Crippen molar-refractivity contribution in [2.75, 3.05) is 11.9 Å². The van der Waals surface area contributed by atoms with Crippen molar-refractivity contribution in [1.82, 2.24) is 24.1 Å². The number of aryl methyl sites for hydroxylation is 1. The fourth-order valence-electron chi connectivity index (χ4n) is 2.52. The van der Waals surface area contributed by atoms with Gasteiger partial charge in [-0.1, -0.05) is 25.4 Å². The molecule has 24 heavy (non-hydrogen) atoms. The van der Waals surface area contributed by atoms with Crippen molar-refractivity contribution in [2.24, 2.45) is 0 Å². The fraction of sp³-hybridized carbons (Fsp3) is 0.438. The molecule has 0 saturated heterocycles. The maximum absolute atomic E-state index is 9.42. The van der Waals surface area contributed by atoms with E-state index in [4.69, 9.17) is 11.6 Å². The summed E-state index contributed by atoms with van der Waals surface area (Å²) in [5, 5.41) is 17.7. The van der Waals surface area contributed by atoms with Gasteiger partial charge in [0.15, 0.2) is 5.15 Å². The van der Waals surface area contributed by atoms with Gasteiger partial charge in [0, 0.05) is 24.1 Å². The SMILES string of the molecule is Cc1cc(C(C)C)nn1-c1c(Cl)nc2nccn2c1NC(C)CO. The van der Waals surface area contributed by atoms with Crippen LogP contribution in [0.2, 0.25) is 5.15 Å². The lowest BCUT2D eigenvalue weighted by atomic mass is 10.1. The van der Waals surface area contributed by atoms with Crippen molar-refractivity contribution in [3.05, 3.63) is 35.0 Å². The van der Waals surface area contributed by atoms with Gasteiger partial charge in [0.05, 0.1) is 12.3 Å². The Morgan fingerprint density at radius 1 is 1.33 bits per heavy atom. The van der Waals surface area contributed by atoms with Crippen molar-refractivity contribution in [3.8, 4) is 5.69 Å². The number of hydrogen-bond acceptors (Lipinski definition) is 5. The highest BCUT2D eigenvalue weighted by Crippen LogP contribution is 2.30. The van der Waals surface area contributed by atoms with Gasteiger partial charge in [0.2, 0.25) is 5.78 Å². The summed E-state index contributed by atoms with van der Waals surface area (Å²) in [6.45, 7) is 8.05. The van der Waals surface area contributed by atoms with E-state index in [0.29, 0.717) is 28.4 Å². The monoisotopic (exact) mass is 348 g/mol. The Balaban J connectivity index is 2.26. The van der Waals surface area contributed by atoms with E-state index < -0.39 is 0 Å². The van der Waals surface area contributed by atoms with Gasteiger partial charge < -0.3 is 10.4 Å². The molecule has 3 rings (SSSR count). The summed E-state index contributed by atoms with van der Waals surface area (Å²) in [5.74, 6) is 1.50. The largest absolute Gasteiger partial charge is 0.394 e. The average Bonchev–Trinajstić information content (AvgIpc) is 3.14. The van der Waals surface area contributed by atoms with Crippen LogP contribution in [0.3, 0.4) is 0 Å². The topological polar surface area (TPSA) is 80.3 Å². The molecule has 0 amide bonds. The summed E-state index contributed by atoms with van der Waals surface area (Å²) < 4.78 is 3.60. The first kappa shape index (κ1) is 16.7. The highest BCUT2D eigenvalue weighted by atomic mass is 35.5. The fourth-order valence-corrected chi connectivity index (χ4v) is 2.76. The van der Waals surface area contributed by atoms with Gasteiger partial charge in [-0.15, -0.1) is 0 Å². The van der Waals surface area contributed by atoms with Crippen LogP contribution in [-0.2, 0) is 0 Å². The van der Waals surface area contributed by atoms with Gasteiger partial charge in [-0.05, 0) is 25.8 Å². The number of aromatic nitrogens is 5. The van der Waals surface area contributed by atoms with Crippen LogP contribution in [0.25, 0.3) is 11.5 Å². The van der Waals surface area contributed by atoms with E-state index in [1.54, 1.807) is 17.1 Å². The van der Waals surface area contributed by atoms with E-state index in [9.17, 15) is 5.11 Å². The first-order chi connectivity index (χ1) is 11.4. The third-order valence-electron chi connectivity index (χ3n) is 3.85. The number of aliphatic hydroxyl groups excluding tert-OH is 1. The van der Waals surface area contributed by atoms with Crippen molar-refractivity contribution >= 4 is 23.2 Å². The van der Waals surface area contributed by atoms with E-state index in [-0.39, 0.29) is 12.6 Å². The molecule has 0 saturated carbocycles. The minimum absolute atomic E-state index is 0.00902. The predicted molar refractivity (Wildman–Crippen MR) is 94.1 cm³/mol. The Labute approximate surface area is 145 Å². The number of halogens is 1. The average molecular weight is 349 g/mol. The van der Waals surface area contributed by atoms with Crippen LogP contribution in [-0.4, -0.2) is 41.9 Å². The van der Waals surface area contributed by atoms with E-state index in [1.165, 1.54) is 0 Å². The zero-order valence-corrected chi connectivity index (χ0v) is 14.9. The second-order valence-electron chi connectivity index (χ2n) is 6.20. The molecule has 0 fully saturated rings. The Bertz CT molecular complexity index is 869. The van der Waals surface area contributed by atoms with Gasteiger partial charge in [0.1, 0.15) is 11.5 Å². The van der Waals surface area contributed by atoms with E-state index in [0.717, 1.165) is 11.4 Å². The third kappa shape index (κ3) is 2.85. The number of rotatable bonds is 5. The molecule has 0 radical (unpaired) electrons. The molecule has 1 unspecified atom stereocenters. The Hall–Kier alpha value is -2.12. The summed E-state index contributed by atoms with van der Waals surface area (Å²) in [6.07, 6.45) is 3.46. The minimum atomic E-state index is -0.159. The number of aliphatic hydroxyl groups is 1. The van der Waals surface area contributed by atoms with Crippen LogP contribution in [0, 0.1) is 6.92 Å². The maximum Gasteiger partial charge on any atom is 0.236 e. The molecule has 0 aliphatic heterocycles. The van der Waals surface area contributed by atoms with Crippen LogP contribution >= 0.6 is 11.6 Å². The van der Waals surface area contributed by atoms with Crippen molar-refractivity contribution < 1.29 is 5.11 Å². The molecular weight excluding hydrogens is 328 g/mol. The Morgan fingerprint density at radius 2 is 2.08 bits per heavy atom. The molecule has 0 bridgehead atoms. The highest BCUT2D eigenvalue weighted by Gasteiger charge is 2.21. The van der Waals surface area contributed by atoms with Gasteiger partial charge in [-0.3, -0.25) is 4.40 Å². The van der Waals surface area contributed by atoms with E-state index >= 15 is 0 Å². The molecule has 2 N–H and O–H groups in total. The maximum atomic E-state index is 9.42. The molecule has 0 aliphatic carbocycles. The second kappa shape index (κ2) is 6.41. The molecule has 1 atom stereocenters. The Kier molecular flexibility index (Phi) is 4.47. The predicted octanol–water partition coefficient (Wildman–Crippen LogP) is 2.79. The molecule has 0 aromatic carbocycles. The smallest absolute Gasteiger partial charge is 0.236 e. The number of hydrogen-bond donors (Lipinski definition) is 2. The molecule has 0 spiro atoms. The molecule has 0 aliphatic rings. The van der Waals surface area contributed by atoms with Gasteiger partial charge >= 0.3 is 0 Å². The zero-order valence-electron chi connectivity index (χ0n) is 14.2. The molecule has 3 aromatic heterocycles. The lowest BCUT2D eigenvalue weighted by Crippen LogP contribution is -2.23. The van der Waals surface area contributed by atoms with Gasteiger partial charge in [-0.25, -0.2) is 9.67 Å². The van der Waals surface area contributed by atoms with Crippen LogP contribution in [0.1, 0.15) is 38.1 Å².